The quantitative estimate of drug-likeness (QED) is 0.501. The second-order valence-corrected chi connectivity index (χ2v) is 5.45. The summed E-state index contributed by atoms with van der Waals surface area (Å²) >= 11 is 0. The summed E-state index contributed by atoms with van der Waals surface area (Å²) in [6.45, 7) is 8.64. The number of dihydropyridines is 1. The van der Waals surface area contributed by atoms with Gasteiger partial charge < -0.3 is 4.99 Å². The van der Waals surface area contributed by atoms with Crippen molar-refractivity contribution in [2.24, 2.45) is 10.4 Å². The Hall–Kier alpha value is -0.721. The third kappa shape index (κ3) is 3.14. The second kappa shape index (κ2) is 4.88. The van der Waals surface area contributed by atoms with Crippen LogP contribution < -0.4 is 0 Å². The van der Waals surface area contributed by atoms with Crippen LogP contribution in [-0.2, 0) is 20.1 Å². The molecule has 1 radical (unpaired) electrons. The van der Waals surface area contributed by atoms with E-state index < -0.39 is 0 Å². The first-order valence-electron chi connectivity index (χ1n) is 5.69. The van der Waals surface area contributed by atoms with Crippen molar-refractivity contribution >= 4 is 5.71 Å². The molecule has 1 aromatic carbocycles. The molecule has 2 rings (SSSR count). The van der Waals surface area contributed by atoms with Gasteiger partial charge in [0.15, 0.2) is 0 Å². The van der Waals surface area contributed by atoms with Crippen molar-refractivity contribution in [3.63, 3.8) is 0 Å². The molecule has 93 valence electrons. The monoisotopic (exact) mass is 405 g/mol. The van der Waals surface area contributed by atoms with E-state index in [0.717, 1.165) is 11.3 Å². The molecule has 0 saturated carbocycles. The summed E-state index contributed by atoms with van der Waals surface area (Å²) in [5.74, 6) is 0. The molecule has 0 bridgehead atoms. The minimum atomic E-state index is -0.103. The zero-order valence-electron chi connectivity index (χ0n) is 10.7. The minimum absolute atomic E-state index is 0. The third-order valence-electron chi connectivity index (χ3n) is 2.88. The molecule has 0 fully saturated rings. The molecule has 2 heteroatoms. The van der Waals surface area contributed by atoms with Crippen molar-refractivity contribution in [1.82, 2.24) is 0 Å². The van der Waals surface area contributed by atoms with Gasteiger partial charge in [0, 0.05) is 20.1 Å². The van der Waals surface area contributed by atoms with Crippen molar-refractivity contribution in [2.45, 2.75) is 33.2 Å². The Morgan fingerprint density at radius 3 is 2.35 bits per heavy atom. The SMILES string of the molecule is CC1(C)C=CC(C)(C)C(c2[c-]cccc2)=N1.[Ir]. The van der Waals surface area contributed by atoms with Gasteiger partial charge in [-0.15, -0.1) is 35.9 Å². The van der Waals surface area contributed by atoms with E-state index in [1.165, 1.54) is 0 Å². The Kier molecular flexibility index (Phi) is 4.11. The Balaban J connectivity index is 0.00000144. The van der Waals surface area contributed by atoms with Crippen LogP contribution >= 0.6 is 0 Å². The zero-order valence-corrected chi connectivity index (χ0v) is 13.1. The molecular weight excluding hydrogens is 386 g/mol. The van der Waals surface area contributed by atoms with Crippen LogP contribution in [0.5, 0.6) is 0 Å². The summed E-state index contributed by atoms with van der Waals surface area (Å²) < 4.78 is 0. The van der Waals surface area contributed by atoms with Gasteiger partial charge in [0.05, 0.1) is 5.54 Å². The molecule has 0 spiro atoms. The van der Waals surface area contributed by atoms with E-state index in [4.69, 9.17) is 4.99 Å². The third-order valence-corrected chi connectivity index (χ3v) is 2.88. The first kappa shape index (κ1) is 14.3. The maximum absolute atomic E-state index is 4.84. The second-order valence-electron chi connectivity index (χ2n) is 5.45. The van der Waals surface area contributed by atoms with Gasteiger partial charge in [0.2, 0.25) is 0 Å². The molecule has 1 heterocycles. The van der Waals surface area contributed by atoms with Crippen molar-refractivity contribution in [2.75, 3.05) is 0 Å². The van der Waals surface area contributed by atoms with Crippen LogP contribution in [0.2, 0.25) is 0 Å². The summed E-state index contributed by atoms with van der Waals surface area (Å²) in [6.07, 6.45) is 4.43. The van der Waals surface area contributed by atoms with Gasteiger partial charge in [0.1, 0.15) is 0 Å². The molecule has 0 unspecified atom stereocenters. The van der Waals surface area contributed by atoms with Crippen LogP contribution in [0.1, 0.15) is 33.3 Å². The van der Waals surface area contributed by atoms with Crippen LogP contribution in [0.4, 0.5) is 0 Å². The van der Waals surface area contributed by atoms with Gasteiger partial charge >= 0.3 is 0 Å². The topological polar surface area (TPSA) is 12.4 Å². The van der Waals surface area contributed by atoms with Crippen LogP contribution in [0.3, 0.4) is 0 Å². The predicted molar refractivity (Wildman–Crippen MR) is 68.8 cm³/mol. The molecule has 0 N–H and O–H groups in total. The van der Waals surface area contributed by atoms with Gasteiger partial charge in [-0.05, 0) is 25.0 Å². The number of benzene rings is 1. The van der Waals surface area contributed by atoms with Crippen LogP contribution in [-0.4, -0.2) is 11.3 Å². The Bertz CT molecular complexity index is 441. The number of rotatable bonds is 1. The molecule has 1 aliphatic heterocycles. The van der Waals surface area contributed by atoms with E-state index in [2.05, 4.69) is 52.0 Å². The number of hydrogen-bond acceptors (Lipinski definition) is 1. The molecule has 0 aromatic heterocycles. The number of allylic oxidation sites excluding steroid dienone is 1. The smallest absolute Gasteiger partial charge is 0.0629 e. The Morgan fingerprint density at radius 1 is 1.06 bits per heavy atom. The fraction of sp³-hybridized carbons (Fsp3) is 0.400. The average Bonchev–Trinajstić information content (AvgIpc) is 2.24. The summed E-state index contributed by atoms with van der Waals surface area (Å²) in [6, 6.07) is 11.3. The maximum atomic E-state index is 4.84. The Morgan fingerprint density at radius 2 is 1.76 bits per heavy atom. The zero-order chi connectivity index (χ0) is 11.8. The first-order chi connectivity index (χ1) is 7.41. The Labute approximate surface area is 117 Å². The number of hydrogen-bond donors (Lipinski definition) is 0. The van der Waals surface area contributed by atoms with Gasteiger partial charge in [-0.1, -0.05) is 26.0 Å². The summed E-state index contributed by atoms with van der Waals surface area (Å²) in [7, 11) is 0. The van der Waals surface area contributed by atoms with Crippen molar-refractivity contribution < 1.29 is 20.1 Å². The van der Waals surface area contributed by atoms with Crippen molar-refractivity contribution in [3.05, 3.63) is 48.0 Å². The maximum Gasteiger partial charge on any atom is 0.0629 e. The van der Waals surface area contributed by atoms with Crippen LogP contribution in [0.25, 0.3) is 0 Å². The van der Waals surface area contributed by atoms with E-state index in [1.807, 2.05) is 18.2 Å². The molecule has 0 saturated heterocycles. The molecule has 1 nitrogen and oxygen atoms in total. The fourth-order valence-electron chi connectivity index (χ4n) is 1.91. The summed E-state index contributed by atoms with van der Waals surface area (Å²) in [5.41, 5.74) is 2.12. The van der Waals surface area contributed by atoms with Crippen LogP contribution in [0.15, 0.2) is 41.4 Å². The molecule has 0 amide bonds. The van der Waals surface area contributed by atoms with Crippen molar-refractivity contribution in [3.8, 4) is 0 Å². The average molecular weight is 405 g/mol. The molecule has 1 aliphatic rings. The van der Waals surface area contributed by atoms with Gasteiger partial charge in [-0.25, -0.2) is 0 Å². The largest absolute Gasteiger partial charge is 0.326 e. The molecule has 0 atom stereocenters. The normalized spacial score (nSPS) is 20.4. The molecule has 0 aliphatic carbocycles. The fourth-order valence-corrected chi connectivity index (χ4v) is 1.91. The van der Waals surface area contributed by atoms with E-state index in [0.29, 0.717) is 0 Å². The van der Waals surface area contributed by atoms with Crippen molar-refractivity contribution in [1.29, 1.82) is 0 Å². The first-order valence-corrected chi connectivity index (χ1v) is 5.69. The summed E-state index contributed by atoms with van der Waals surface area (Å²) in [4.78, 5) is 4.84. The number of aliphatic imine (C=N–C) groups is 1. The summed E-state index contributed by atoms with van der Waals surface area (Å²) in [5, 5.41) is 0. The number of nitrogens with zero attached hydrogens (tertiary/aromatic N) is 1. The van der Waals surface area contributed by atoms with Gasteiger partial charge in [-0.3, -0.25) is 0 Å². The standard InChI is InChI=1S/C15H18N.Ir/c1-14(2)10-11-15(3,4)16-13(14)12-8-6-5-7-9-12;/h5-8,10-11H,1-4H3;/q-1;. The minimum Gasteiger partial charge on any atom is -0.326 e. The molecular formula is C15H18IrN-. The van der Waals surface area contributed by atoms with E-state index >= 15 is 0 Å². The molecule has 1 aromatic rings. The van der Waals surface area contributed by atoms with Gasteiger partial charge in [-0.2, -0.15) is 0 Å². The van der Waals surface area contributed by atoms with E-state index in [1.54, 1.807) is 0 Å². The van der Waals surface area contributed by atoms with E-state index in [9.17, 15) is 0 Å². The molecule has 17 heavy (non-hydrogen) atoms. The van der Waals surface area contributed by atoms with Crippen LogP contribution in [0, 0.1) is 11.5 Å². The predicted octanol–water partition coefficient (Wildman–Crippen LogP) is 3.65. The van der Waals surface area contributed by atoms with Gasteiger partial charge in [0.25, 0.3) is 0 Å². The van der Waals surface area contributed by atoms with E-state index in [-0.39, 0.29) is 31.1 Å².